The lowest BCUT2D eigenvalue weighted by Gasteiger charge is -2.40. The number of nitrogens with two attached hydrogens (primary N) is 1. The molecule has 0 spiro atoms. The summed E-state index contributed by atoms with van der Waals surface area (Å²) in [5, 5.41) is 18.6. The largest absolute Gasteiger partial charge is 0.484 e. The van der Waals surface area contributed by atoms with E-state index in [0.717, 1.165) is 0 Å². The van der Waals surface area contributed by atoms with Crippen molar-refractivity contribution in [3.05, 3.63) is 48.0 Å². The number of ether oxygens (including phenoxy) is 1. The van der Waals surface area contributed by atoms with Gasteiger partial charge in [0.1, 0.15) is 11.9 Å². The number of aliphatic hydroxyl groups is 1. The lowest BCUT2D eigenvalue weighted by atomic mass is 10.1. The number of fused-ring (bicyclic) bond motifs is 1. The van der Waals surface area contributed by atoms with Crippen LogP contribution in [0.4, 0.5) is 11.4 Å². The Kier molecular flexibility index (Phi) is 4.29. The lowest BCUT2D eigenvalue weighted by molar-refractivity contribution is 0.0925. The Hall–Kier alpha value is -2.76. The molecule has 0 aromatic heterocycles. The fourth-order valence-electron chi connectivity index (χ4n) is 2.82. The van der Waals surface area contributed by atoms with Crippen LogP contribution in [-0.4, -0.2) is 32.3 Å². The molecule has 1 aliphatic rings. The van der Waals surface area contributed by atoms with Crippen molar-refractivity contribution >= 4 is 21.4 Å². The highest BCUT2D eigenvalue weighted by Gasteiger charge is 2.40. The molecule has 7 nitrogen and oxygen atoms in total. The standard InChI is InChI=1S/C17H17N3O4S/c1-11-17(10-21)24-16-6-5-13(19)8-15(16)20(11)25(22,23)14-4-2-3-12(7-14)9-18/h2-8,11,17,21H,10,19H2,1H3/t11-,17+/m0/s1. The molecule has 0 saturated carbocycles. The summed E-state index contributed by atoms with van der Waals surface area (Å²) >= 11 is 0. The molecule has 0 fully saturated rings. The second kappa shape index (κ2) is 6.27. The van der Waals surface area contributed by atoms with Gasteiger partial charge in [0.15, 0.2) is 0 Å². The molecule has 130 valence electrons. The minimum atomic E-state index is -3.98. The number of aliphatic hydroxyl groups excluding tert-OH is 1. The fraction of sp³-hybridized carbons (Fsp3) is 0.235. The molecule has 8 heteroatoms. The Bertz CT molecular complexity index is 953. The fourth-order valence-corrected chi connectivity index (χ4v) is 4.54. The highest BCUT2D eigenvalue weighted by Crippen LogP contribution is 2.40. The van der Waals surface area contributed by atoms with E-state index in [4.69, 9.17) is 15.7 Å². The lowest BCUT2D eigenvalue weighted by Crippen LogP contribution is -2.52. The van der Waals surface area contributed by atoms with Crippen LogP contribution in [-0.2, 0) is 10.0 Å². The van der Waals surface area contributed by atoms with Gasteiger partial charge in [-0.2, -0.15) is 5.26 Å². The van der Waals surface area contributed by atoms with Gasteiger partial charge in [0.2, 0.25) is 0 Å². The van der Waals surface area contributed by atoms with Crippen molar-refractivity contribution in [3.8, 4) is 11.8 Å². The molecule has 3 rings (SSSR count). The van der Waals surface area contributed by atoms with E-state index in [1.54, 1.807) is 19.1 Å². The number of nitriles is 1. The van der Waals surface area contributed by atoms with Gasteiger partial charge in [-0.05, 0) is 43.3 Å². The molecule has 2 atom stereocenters. The predicted molar refractivity (Wildman–Crippen MR) is 92.6 cm³/mol. The summed E-state index contributed by atoms with van der Waals surface area (Å²) in [5.41, 5.74) is 6.76. The van der Waals surface area contributed by atoms with Gasteiger partial charge < -0.3 is 15.6 Å². The molecule has 0 bridgehead atoms. The van der Waals surface area contributed by atoms with Gasteiger partial charge in [0.05, 0.1) is 34.9 Å². The van der Waals surface area contributed by atoms with Crippen molar-refractivity contribution in [1.82, 2.24) is 0 Å². The number of benzene rings is 2. The third-order valence-corrected chi connectivity index (χ3v) is 6.00. The zero-order valence-electron chi connectivity index (χ0n) is 13.5. The molecule has 0 radical (unpaired) electrons. The van der Waals surface area contributed by atoms with Gasteiger partial charge in [-0.25, -0.2) is 8.42 Å². The maximum atomic E-state index is 13.2. The highest BCUT2D eigenvalue weighted by atomic mass is 32.2. The number of nitrogen functional groups attached to an aromatic ring is 1. The summed E-state index contributed by atoms with van der Waals surface area (Å²) in [7, 11) is -3.98. The van der Waals surface area contributed by atoms with E-state index in [1.807, 2.05) is 6.07 Å². The maximum absolute atomic E-state index is 13.2. The van der Waals surface area contributed by atoms with E-state index in [2.05, 4.69) is 0 Å². The van der Waals surface area contributed by atoms with Gasteiger partial charge >= 0.3 is 0 Å². The van der Waals surface area contributed by atoms with E-state index in [1.165, 1.54) is 34.6 Å². The molecule has 0 aliphatic carbocycles. The second-order valence-electron chi connectivity index (χ2n) is 5.75. The zero-order valence-corrected chi connectivity index (χ0v) is 14.3. The first-order valence-corrected chi connectivity index (χ1v) is 9.04. The van der Waals surface area contributed by atoms with Crippen LogP contribution >= 0.6 is 0 Å². The summed E-state index contributed by atoms with van der Waals surface area (Å²) in [6, 6.07) is 11.8. The topological polar surface area (TPSA) is 117 Å². The number of anilines is 2. The monoisotopic (exact) mass is 359 g/mol. The number of rotatable bonds is 3. The summed E-state index contributed by atoms with van der Waals surface area (Å²) in [4.78, 5) is -0.00892. The van der Waals surface area contributed by atoms with Crippen LogP contribution in [0, 0.1) is 11.3 Å². The zero-order chi connectivity index (χ0) is 18.2. The normalized spacial score (nSPS) is 19.6. The molecular weight excluding hydrogens is 342 g/mol. The van der Waals surface area contributed by atoms with E-state index < -0.39 is 22.2 Å². The van der Waals surface area contributed by atoms with Gasteiger partial charge in [-0.15, -0.1) is 0 Å². The van der Waals surface area contributed by atoms with Crippen molar-refractivity contribution in [1.29, 1.82) is 5.26 Å². The molecule has 2 aromatic rings. The van der Waals surface area contributed by atoms with Crippen LogP contribution in [0.1, 0.15) is 12.5 Å². The Labute approximate surface area is 145 Å². The van der Waals surface area contributed by atoms with E-state index >= 15 is 0 Å². The first-order chi connectivity index (χ1) is 11.9. The van der Waals surface area contributed by atoms with Crippen LogP contribution in [0.2, 0.25) is 0 Å². The summed E-state index contributed by atoms with van der Waals surface area (Å²) in [6.07, 6.45) is -0.718. The number of nitrogens with zero attached hydrogens (tertiary/aromatic N) is 2. The number of hydrogen-bond donors (Lipinski definition) is 2. The third kappa shape index (κ3) is 2.88. The molecule has 25 heavy (non-hydrogen) atoms. The second-order valence-corrected chi connectivity index (χ2v) is 7.56. The molecule has 1 aliphatic heterocycles. The van der Waals surface area contributed by atoms with E-state index in [0.29, 0.717) is 17.1 Å². The van der Waals surface area contributed by atoms with Gasteiger partial charge in [-0.1, -0.05) is 6.07 Å². The van der Waals surface area contributed by atoms with Crippen LogP contribution in [0.3, 0.4) is 0 Å². The van der Waals surface area contributed by atoms with Crippen LogP contribution in [0.5, 0.6) is 5.75 Å². The van der Waals surface area contributed by atoms with Crippen LogP contribution in [0.15, 0.2) is 47.4 Å². The van der Waals surface area contributed by atoms with Crippen molar-refractivity contribution in [2.45, 2.75) is 24.0 Å². The quantitative estimate of drug-likeness (QED) is 0.802. The highest BCUT2D eigenvalue weighted by molar-refractivity contribution is 7.92. The Morgan fingerprint density at radius 1 is 1.32 bits per heavy atom. The molecular formula is C17H17N3O4S. The summed E-state index contributed by atoms with van der Waals surface area (Å²) in [5.74, 6) is 0.325. The van der Waals surface area contributed by atoms with Crippen molar-refractivity contribution in [2.24, 2.45) is 0 Å². The number of hydrogen-bond acceptors (Lipinski definition) is 6. The first kappa shape index (κ1) is 17.1. The minimum absolute atomic E-state index is 0.00892. The summed E-state index contributed by atoms with van der Waals surface area (Å²) < 4.78 is 33.4. The van der Waals surface area contributed by atoms with Crippen molar-refractivity contribution < 1.29 is 18.3 Å². The summed E-state index contributed by atoms with van der Waals surface area (Å²) in [6.45, 7) is 1.31. The van der Waals surface area contributed by atoms with Gasteiger partial charge in [-0.3, -0.25) is 4.31 Å². The molecule has 3 N–H and O–H groups in total. The minimum Gasteiger partial charge on any atom is -0.484 e. The Morgan fingerprint density at radius 3 is 2.76 bits per heavy atom. The average Bonchev–Trinajstić information content (AvgIpc) is 2.61. The van der Waals surface area contributed by atoms with Crippen LogP contribution in [0.25, 0.3) is 0 Å². The first-order valence-electron chi connectivity index (χ1n) is 7.60. The smallest absolute Gasteiger partial charge is 0.264 e. The van der Waals surface area contributed by atoms with Crippen molar-refractivity contribution in [3.63, 3.8) is 0 Å². The predicted octanol–water partition coefficient (Wildman–Crippen LogP) is 1.48. The Balaban J connectivity index is 2.19. The van der Waals surface area contributed by atoms with Gasteiger partial charge in [0, 0.05) is 5.69 Å². The molecule has 2 aromatic carbocycles. The van der Waals surface area contributed by atoms with Gasteiger partial charge in [0.25, 0.3) is 10.0 Å². The Morgan fingerprint density at radius 2 is 2.08 bits per heavy atom. The van der Waals surface area contributed by atoms with Crippen LogP contribution < -0.4 is 14.8 Å². The SMILES string of the molecule is C[C@H]1[C@@H](CO)Oc2ccc(N)cc2N1S(=O)(=O)c1cccc(C#N)c1. The molecule has 1 heterocycles. The third-order valence-electron chi connectivity index (χ3n) is 4.11. The maximum Gasteiger partial charge on any atom is 0.264 e. The average molecular weight is 359 g/mol. The van der Waals surface area contributed by atoms with E-state index in [9.17, 15) is 13.5 Å². The molecule has 0 amide bonds. The van der Waals surface area contributed by atoms with E-state index in [-0.39, 0.29) is 17.1 Å². The number of sulfonamides is 1. The molecule has 0 unspecified atom stereocenters. The molecule has 0 saturated heterocycles. The van der Waals surface area contributed by atoms with Crippen molar-refractivity contribution in [2.75, 3.05) is 16.6 Å².